The van der Waals surface area contributed by atoms with Crippen LogP contribution in [-0.2, 0) is 0 Å². The van der Waals surface area contributed by atoms with Crippen molar-refractivity contribution in [2.24, 2.45) is 5.73 Å². The Hall–Kier alpha value is -1.29. The number of nitrogens with two attached hydrogens (primary N) is 2. The van der Waals surface area contributed by atoms with E-state index in [-0.39, 0.29) is 6.61 Å². The summed E-state index contributed by atoms with van der Waals surface area (Å²) in [7, 11) is 0. The van der Waals surface area contributed by atoms with E-state index in [1.807, 2.05) is 0 Å². The van der Waals surface area contributed by atoms with Gasteiger partial charge in [-0.2, -0.15) is 0 Å². The summed E-state index contributed by atoms with van der Waals surface area (Å²) >= 11 is 4.65. The molecule has 1 aromatic carbocycles. The van der Waals surface area contributed by atoms with Crippen LogP contribution >= 0.6 is 12.2 Å². The Morgan fingerprint density at radius 1 is 1.33 bits per heavy atom. The summed E-state index contributed by atoms with van der Waals surface area (Å²) in [6.07, 6.45) is 0. The minimum absolute atomic E-state index is 0.263. The lowest BCUT2D eigenvalue weighted by Gasteiger charge is -2.03. The van der Waals surface area contributed by atoms with Crippen LogP contribution in [0.15, 0.2) is 24.3 Å². The van der Waals surface area contributed by atoms with Crippen LogP contribution in [-0.4, -0.2) is 11.6 Å². The van der Waals surface area contributed by atoms with Gasteiger partial charge in [0.2, 0.25) is 0 Å². The van der Waals surface area contributed by atoms with Gasteiger partial charge in [0.15, 0.2) is 0 Å². The van der Waals surface area contributed by atoms with E-state index in [1.54, 1.807) is 24.3 Å². The number of hydrogen-bond acceptors (Lipinski definition) is 3. The molecule has 0 atom stereocenters. The van der Waals surface area contributed by atoms with Gasteiger partial charge in [-0.05, 0) is 24.3 Å². The van der Waals surface area contributed by atoms with E-state index in [0.717, 1.165) is 5.75 Å². The molecule has 12 heavy (non-hydrogen) atoms. The molecule has 1 aromatic rings. The Bertz CT molecular complexity index is 271. The van der Waals surface area contributed by atoms with Crippen molar-refractivity contribution >= 4 is 22.9 Å². The van der Waals surface area contributed by atoms with Crippen LogP contribution in [0.25, 0.3) is 0 Å². The molecule has 0 spiro atoms. The number of rotatable bonds is 3. The molecule has 0 heterocycles. The molecule has 0 saturated carbocycles. The number of anilines is 1. The maximum Gasteiger partial charge on any atom is 0.138 e. The van der Waals surface area contributed by atoms with Crippen molar-refractivity contribution in [3.05, 3.63) is 24.3 Å². The zero-order valence-corrected chi connectivity index (χ0v) is 7.30. The molecule has 0 fully saturated rings. The molecular formula is C8H10N2OS. The summed E-state index contributed by atoms with van der Waals surface area (Å²) in [6, 6.07) is 7.06. The third-order valence-corrected chi connectivity index (χ3v) is 1.38. The highest BCUT2D eigenvalue weighted by atomic mass is 32.1. The highest BCUT2D eigenvalue weighted by Crippen LogP contribution is 2.12. The number of benzene rings is 1. The molecule has 4 heteroatoms. The SMILES string of the molecule is NC(=S)COc1ccc(N)cc1. The molecule has 0 aromatic heterocycles. The minimum Gasteiger partial charge on any atom is -0.487 e. The van der Waals surface area contributed by atoms with Crippen LogP contribution in [0.2, 0.25) is 0 Å². The molecule has 64 valence electrons. The first-order chi connectivity index (χ1) is 5.68. The minimum atomic E-state index is 0.263. The summed E-state index contributed by atoms with van der Waals surface area (Å²) in [5.41, 5.74) is 11.4. The van der Waals surface area contributed by atoms with E-state index in [9.17, 15) is 0 Å². The molecule has 0 aliphatic carbocycles. The second-order valence-corrected chi connectivity index (χ2v) is 2.85. The first-order valence-electron chi connectivity index (χ1n) is 3.45. The first-order valence-corrected chi connectivity index (χ1v) is 3.86. The topological polar surface area (TPSA) is 61.3 Å². The molecule has 0 aliphatic heterocycles. The van der Waals surface area contributed by atoms with Gasteiger partial charge in [-0.3, -0.25) is 0 Å². The zero-order valence-electron chi connectivity index (χ0n) is 6.49. The van der Waals surface area contributed by atoms with Gasteiger partial charge in [-0.15, -0.1) is 0 Å². The van der Waals surface area contributed by atoms with Crippen LogP contribution in [0.1, 0.15) is 0 Å². The van der Waals surface area contributed by atoms with Crippen molar-refractivity contribution in [1.82, 2.24) is 0 Å². The molecule has 0 bridgehead atoms. The standard InChI is InChI=1S/C8H10N2OS/c9-6-1-3-7(4-2-6)11-5-8(10)12/h1-4H,5,9H2,(H2,10,12). The van der Waals surface area contributed by atoms with E-state index in [1.165, 1.54) is 0 Å². The lowest BCUT2D eigenvalue weighted by Crippen LogP contribution is -2.17. The van der Waals surface area contributed by atoms with Gasteiger partial charge in [0, 0.05) is 5.69 Å². The van der Waals surface area contributed by atoms with Crippen molar-refractivity contribution < 1.29 is 4.74 Å². The van der Waals surface area contributed by atoms with Crippen LogP contribution in [0.5, 0.6) is 5.75 Å². The quantitative estimate of drug-likeness (QED) is 0.539. The third kappa shape index (κ3) is 2.75. The average molecular weight is 182 g/mol. The molecule has 3 nitrogen and oxygen atoms in total. The lowest BCUT2D eigenvalue weighted by molar-refractivity contribution is 0.377. The third-order valence-electron chi connectivity index (χ3n) is 1.26. The highest BCUT2D eigenvalue weighted by molar-refractivity contribution is 7.80. The van der Waals surface area contributed by atoms with Crippen LogP contribution in [0.3, 0.4) is 0 Å². The number of ether oxygens (including phenoxy) is 1. The normalized spacial score (nSPS) is 9.33. The smallest absolute Gasteiger partial charge is 0.138 e. The van der Waals surface area contributed by atoms with Crippen LogP contribution < -0.4 is 16.2 Å². The average Bonchev–Trinajstić information content (AvgIpc) is 2.03. The second kappa shape index (κ2) is 3.92. The second-order valence-electron chi connectivity index (χ2n) is 2.32. The van der Waals surface area contributed by atoms with Gasteiger partial charge >= 0.3 is 0 Å². The summed E-state index contributed by atoms with van der Waals surface area (Å²) in [5.74, 6) is 0.719. The fourth-order valence-corrected chi connectivity index (χ4v) is 0.777. The Kier molecular flexibility index (Phi) is 2.88. The van der Waals surface area contributed by atoms with Crippen LogP contribution in [0, 0.1) is 0 Å². The Labute approximate surface area is 76.3 Å². The number of thiocarbonyl (C=S) groups is 1. The summed E-state index contributed by atoms with van der Waals surface area (Å²) < 4.78 is 5.20. The Balaban J connectivity index is 2.53. The molecule has 1 rings (SSSR count). The Morgan fingerprint density at radius 2 is 1.92 bits per heavy atom. The fraction of sp³-hybridized carbons (Fsp3) is 0.125. The highest BCUT2D eigenvalue weighted by Gasteiger charge is 1.93. The Morgan fingerprint density at radius 3 is 2.42 bits per heavy atom. The van der Waals surface area contributed by atoms with Crippen LogP contribution in [0.4, 0.5) is 5.69 Å². The number of nitrogen functional groups attached to an aromatic ring is 1. The first kappa shape index (κ1) is 8.80. The zero-order chi connectivity index (χ0) is 8.97. The van der Waals surface area contributed by atoms with E-state index in [0.29, 0.717) is 10.7 Å². The summed E-state index contributed by atoms with van der Waals surface area (Å²) in [4.78, 5) is 0.340. The number of hydrogen-bond donors (Lipinski definition) is 2. The lowest BCUT2D eigenvalue weighted by atomic mass is 10.3. The molecule has 0 aliphatic rings. The van der Waals surface area contributed by atoms with Crippen molar-refractivity contribution in [3.8, 4) is 5.75 Å². The van der Waals surface area contributed by atoms with E-state index < -0.39 is 0 Å². The van der Waals surface area contributed by atoms with Gasteiger partial charge < -0.3 is 16.2 Å². The van der Waals surface area contributed by atoms with Crippen molar-refractivity contribution in [2.75, 3.05) is 12.3 Å². The monoisotopic (exact) mass is 182 g/mol. The predicted molar refractivity (Wildman–Crippen MR) is 53.1 cm³/mol. The summed E-state index contributed by atoms with van der Waals surface area (Å²) in [5, 5.41) is 0. The van der Waals surface area contributed by atoms with E-state index in [4.69, 9.17) is 16.2 Å². The van der Waals surface area contributed by atoms with Gasteiger partial charge in [0.05, 0.1) is 0 Å². The maximum absolute atomic E-state index is 5.48. The van der Waals surface area contributed by atoms with Gasteiger partial charge in [-0.1, -0.05) is 12.2 Å². The molecular weight excluding hydrogens is 172 g/mol. The summed E-state index contributed by atoms with van der Waals surface area (Å²) in [6.45, 7) is 0.263. The van der Waals surface area contributed by atoms with Crippen molar-refractivity contribution in [2.45, 2.75) is 0 Å². The fourth-order valence-electron chi connectivity index (χ4n) is 0.719. The van der Waals surface area contributed by atoms with Gasteiger partial charge in [0.25, 0.3) is 0 Å². The maximum atomic E-state index is 5.48. The van der Waals surface area contributed by atoms with Crippen molar-refractivity contribution in [3.63, 3.8) is 0 Å². The predicted octanol–water partition coefficient (Wildman–Crippen LogP) is 0.934. The van der Waals surface area contributed by atoms with E-state index in [2.05, 4.69) is 12.2 Å². The van der Waals surface area contributed by atoms with E-state index >= 15 is 0 Å². The molecule has 0 saturated heterocycles. The van der Waals surface area contributed by atoms with Crippen molar-refractivity contribution in [1.29, 1.82) is 0 Å². The van der Waals surface area contributed by atoms with Gasteiger partial charge in [-0.25, -0.2) is 0 Å². The molecule has 4 N–H and O–H groups in total. The van der Waals surface area contributed by atoms with Gasteiger partial charge in [0.1, 0.15) is 17.3 Å². The molecule has 0 radical (unpaired) electrons. The largest absolute Gasteiger partial charge is 0.487 e. The molecule has 0 amide bonds. The molecule has 0 unspecified atom stereocenters.